The molecule has 0 radical (unpaired) electrons. The number of nitro groups is 1. The van der Waals surface area contributed by atoms with Crippen LogP contribution >= 0.6 is 11.6 Å². The summed E-state index contributed by atoms with van der Waals surface area (Å²) >= 11 is 5.98. The number of benzene rings is 3. The van der Waals surface area contributed by atoms with Crippen molar-refractivity contribution in [3.63, 3.8) is 0 Å². The van der Waals surface area contributed by atoms with E-state index in [4.69, 9.17) is 16.3 Å². The number of nitrogens with zero attached hydrogens (tertiary/aromatic N) is 1. The summed E-state index contributed by atoms with van der Waals surface area (Å²) in [4.78, 5) is 48.3. The molecule has 1 amide bonds. The third-order valence-electron chi connectivity index (χ3n) is 4.78. The second-order valence-corrected chi connectivity index (χ2v) is 7.61. The molecule has 8 nitrogen and oxygen atoms in total. The predicted octanol–water partition coefficient (Wildman–Crippen LogP) is 4.97. The van der Waals surface area contributed by atoms with Crippen LogP contribution in [0.25, 0.3) is 0 Å². The first-order valence-corrected chi connectivity index (χ1v) is 10.2. The molecule has 3 aromatic rings. The highest BCUT2D eigenvalue weighted by molar-refractivity contribution is 6.34. The maximum Gasteiger partial charge on any atom is 0.339 e. The van der Waals surface area contributed by atoms with Gasteiger partial charge in [-0.3, -0.25) is 19.7 Å². The topological polar surface area (TPSA) is 116 Å². The molecule has 1 unspecified atom stereocenters. The van der Waals surface area contributed by atoms with Gasteiger partial charge >= 0.3 is 5.97 Å². The summed E-state index contributed by atoms with van der Waals surface area (Å²) in [7, 11) is 0. The number of carbonyl (C=O) groups excluding carboxylic acids is 3. The Labute approximate surface area is 194 Å². The van der Waals surface area contributed by atoms with E-state index >= 15 is 0 Å². The van der Waals surface area contributed by atoms with Crippen LogP contribution in [0.3, 0.4) is 0 Å². The molecule has 3 rings (SSSR count). The fourth-order valence-corrected chi connectivity index (χ4v) is 3.17. The van der Waals surface area contributed by atoms with Crippen molar-refractivity contribution in [2.45, 2.75) is 20.0 Å². The van der Waals surface area contributed by atoms with Gasteiger partial charge in [0.05, 0.1) is 21.2 Å². The molecule has 0 saturated heterocycles. The molecule has 0 aliphatic rings. The molecule has 1 atom stereocenters. The molecule has 0 aliphatic heterocycles. The number of carbonyl (C=O) groups is 3. The van der Waals surface area contributed by atoms with E-state index in [0.717, 1.165) is 11.6 Å². The van der Waals surface area contributed by atoms with Gasteiger partial charge in [-0.1, -0.05) is 59.6 Å². The fraction of sp³-hybridized carbons (Fsp3) is 0.125. The van der Waals surface area contributed by atoms with Crippen molar-refractivity contribution >= 4 is 40.6 Å². The first kappa shape index (κ1) is 23.6. The number of nitro benzene ring substituents is 1. The number of esters is 1. The lowest BCUT2D eigenvalue weighted by Crippen LogP contribution is -2.30. The molecule has 0 bridgehead atoms. The van der Waals surface area contributed by atoms with Gasteiger partial charge in [-0.15, -0.1) is 0 Å². The standard InChI is InChI=1S/C24H19ClN2O6/c1-14-7-9-16(10-8-14)22(28)18-5-3-4-6-19(18)24(30)33-15(2)23(29)26-21-12-11-17(27(31)32)13-20(21)25/h3-13,15H,1-2H3,(H,26,29). The first-order valence-electron chi connectivity index (χ1n) is 9.83. The number of aryl methyl sites for hydroxylation is 1. The smallest absolute Gasteiger partial charge is 0.339 e. The molecular weight excluding hydrogens is 448 g/mol. The van der Waals surface area contributed by atoms with Crippen LogP contribution in [0.4, 0.5) is 11.4 Å². The van der Waals surface area contributed by atoms with Crippen LogP contribution in [0.2, 0.25) is 5.02 Å². The van der Waals surface area contributed by atoms with E-state index in [-0.39, 0.29) is 33.3 Å². The minimum Gasteiger partial charge on any atom is -0.449 e. The lowest BCUT2D eigenvalue weighted by molar-refractivity contribution is -0.384. The summed E-state index contributed by atoms with van der Waals surface area (Å²) in [5.74, 6) is -1.89. The van der Waals surface area contributed by atoms with Gasteiger partial charge in [0.15, 0.2) is 11.9 Å². The van der Waals surface area contributed by atoms with Crippen molar-refractivity contribution in [1.82, 2.24) is 0 Å². The van der Waals surface area contributed by atoms with Gasteiger partial charge in [-0.05, 0) is 26.0 Å². The second kappa shape index (κ2) is 10.1. The van der Waals surface area contributed by atoms with Gasteiger partial charge in [-0.25, -0.2) is 4.79 Å². The van der Waals surface area contributed by atoms with Crippen LogP contribution in [0.15, 0.2) is 66.7 Å². The van der Waals surface area contributed by atoms with Crippen LogP contribution in [0.1, 0.15) is 38.8 Å². The highest BCUT2D eigenvalue weighted by Gasteiger charge is 2.24. The maximum absolute atomic E-state index is 12.9. The maximum atomic E-state index is 12.9. The number of non-ortho nitro benzene ring substituents is 1. The molecule has 168 valence electrons. The van der Waals surface area contributed by atoms with E-state index in [2.05, 4.69) is 5.32 Å². The summed E-state index contributed by atoms with van der Waals surface area (Å²) in [6.07, 6.45) is -1.23. The summed E-state index contributed by atoms with van der Waals surface area (Å²) in [5, 5.41) is 13.2. The SMILES string of the molecule is Cc1ccc(C(=O)c2ccccc2C(=O)OC(C)C(=O)Nc2ccc([N+](=O)[O-])cc2Cl)cc1. The van der Waals surface area contributed by atoms with Crippen LogP contribution in [0.5, 0.6) is 0 Å². The van der Waals surface area contributed by atoms with Crippen molar-refractivity contribution in [2.24, 2.45) is 0 Å². The van der Waals surface area contributed by atoms with E-state index in [1.807, 2.05) is 6.92 Å². The van der Waals surface area contributed by atoms with Gasteiger partial charge in [0.2, 0.25) is 0 Å². The van der Waals surface area contributed by atoms with E-state index in [9.17, 15) is 24.5 Å². The number of anilines is 1. The lowest BCUT2D eigenvalue weighted by atomic mass is 9.98. The Hall–Kier alpha value is -4.04. The molecule has 9 heteroatoms. The molecule has 1 N–H and O–H groups in total. The number of amides is 1. The van der Waals surface area contributed by atoms with Gasteiger partial charge in [0.1, 0.15) is 0 Å². The highest BCUT2D eigenvalue weighted by atomic mass is 35.5. The Morgan fingerprint density at radius 3 is 2.24 bits per heavy atom. The molecule has 0 aliphatic carbocycles. The minimum absolute atomic E-state index is 0.0242. The summed E-state index contributed by atoms with van der Waals surface area (Å²) in [5.41, 5.74) is 1.48. The van der Waals surface area contributed by atoms with Gasteiger partial charge in [0, 0.05) is 23.3 Å². The predicted molar refractivity (Wildman–Crippen MR) is 123 cm³/mol. The van der Waals surface area contributed by atoms with Crippen molar-refractivity contribution in [3.05, 3.63) is 104 Å². The van der Waals surface area contributed by atoms with E-state index in [0.29, 0.717) is 5.56 Å². The number of halogens is 1. The Balaban J connectivity index is 1.73. The van der Waals surface area contributed by atoms with Crippen LogP contribution in [-0.4, -0.2) is 28.7 Å². The Bertz CT molecular complexity index is 1240. The molecule has 0 fully saturated rings. The van der Waals surface area contributed by atoms with Crippen molar-refractivity contribution in [2.75, 3.05) is 5.32 Å². The quantitative estimate of drug-likeness (QED) is 0.227. The fourth-order valence-electron chi connectivity index (χ4n) is 2.95. The molecule has 0 saturated carbocycles. The van der Waals surface area contributed by atoms with Crippen LogP contribution in [0, 0.1) is 17.0 Å². The van der Waals surface area contributed by atoms with Crippen molar-refractivity contribution in [1.29, 1.82) is 0 Å². The normalized spacial score (nSPS) is 11.4. The van der Waals surface area contributed by atoms with Crippen LogP contribution in [-0.2, 0) is 9.53 Å². The Morgan fingerprint density at radius 2 is 1.64 bits per heavy atom. The molecule has 3 aromatic carbocycles. The van der Waals surface area contributed by atoms with E-state index in [1.54, 1.807) is 36.4 Å². The first-order chi connectivity index (χ1) is 15.7. The number of nitrogens with one attached hydrogen (secondary N) is 1. The average Bonchev–Trinajstić information content (AvgIpc) is 2.80. The summed E-state index contributed by atoms with van der Waals surface area (Å²) in [6.45, 7) is 3.26. The molecule has 33 heavy (non-hydrogen) atoms. The van der Waals surface area contributed by atoms with Gasteiger partial charge < -0.3 is 10.1 Å². The number of ether oxygens (including phenoxy) is 1. The van der Waals surface area contributed by atoms with Gasteiger partial charge in [-0.2, -0.15) is 0 Å². The summed E-state index contributed by atoms with van der Waals surface area (Å²) in [6, 6.07) is 16.7. The van der Waals surface area contributed by atoms with Crippen molar-refractivity contribution in [3.8, 4) is 0 Å². The zero-order valence-electron chi connectivity index (χ0n) is 17.7. The second-order valence-electron chi connectivity index (χ2n) is 7.20. The molecule has 0 spiro atoms. The zero-order valence-corrected chi connectivity index (χ0v) is 18.5. The third-order valence-corrected chi connectivity index (χ3v) is 5.09. The molecule has 0 heterocycles. The van der Waals surface area contributed by atoms with Crippen LogP contribution < -0.4 is 5.32 Å². The monoisotopic (exact) mass is 466 g/mol. The third kappa shape index (κ3) is 5.61. The number of hydrogen-bond donors (Lipinski definition) is 1. The molecular formula is C24H19ClN2O6. The highest BCUT2D eigenvalue weighted by Crippen LogP contribution is 2.27. The van der Waals surface area contributed by atoms with E-state index < -0.39 is 22.9 Å². The number of rotatable bonds is 7. The van der Waals surface area contributed by atoms with E-state index in [1.165, 1.54) is 31.2 Å². The molecule has 0 aromatic heterocycles. The largest absolute Gasteiger partial charge is 0.449 e. The summed E-state index contributed by atoms with van der Waals surface area (Å²) < 4.78 is 5.26. The number of hydrogen-bond acceptors (Lipinski definition) is 6. The van der Waals surface area contributed by atoms with Gasteiger partial charge in [0.25, 0.3) is 11.6 Å². The zero-order chi connectivity index (χ0) is 24.1. The number of ketones is 1. The lowest BCUT2D eigenvalue weighted by Gasteiger charge is -2.15. The Morgan fingerprint density at radius 1 is 1.00 bits per heavy atom. The Kier molecular flexibility index (Phi) is 7.20. The van der Waals surface area contributed by atoms with Crippen molar-refractivity contribution < 1.29 is 24.0 Å². The average molecular weight is 467 g/mol. The minimum atomic E-state index is -1.23.